The van der Waals surface area contributed by atoms with Crippen LogP contribution in [0, 0.1) is 0 Å². The Balaban J connectivity index is 1.82. The van der Waals surface area contributed by atoms with E-state index in [2.05, 4.69) is 22.8 Å². The summed E-state index contributed by atoms with van der Waals surface area (Å²) in [6.45, 7) is 1.06. The first kappa shape index (κ1) is 10.9. The molecule has 1 heterocycles. The van der Waals surface area contributed by atoms with Crippen LogP contribution >= 0.6 is 0 Å². The second-order valence-corrected chi connectivity index (χ2v) is 5.02. The van der Waals surface area contributed by atoms with E-state index < -0.39 is 0 Å². The van der Waals surface area contributed by atoms with Gasteiger partial charge in [-0.1, -0.05) is 6.42 Å². The number of rotatable bonds is 3. The molecule has 0 bridgehead atoms. The Bertz CT molecular complexity index is 401. The van der Waals surface area contributed by atoms with Gasteiger partial charge in [0.05, 0.1) is 7.11 Å². The van der Waals surface area contributed by atoms with Crippen molar-refractivity contribution in [1.82, 2.24) is 5.32 Å². The fourth-order valence-corrected chi connectivity index (χ4v) is 2.66. The zero-order valence-electron chi connectivity index (χ0n) is 10.3. The Kier molecular flexibility index (Phi) is 2.93. The van der Waals surface area contributed by atoms with E-state index in [-0.39, 0.29) is 0 Å². The van der Waals surface area contributed by atoms with Gasteiger partial charge in [-0.25, -0.2) is 0 Å². The number of fused-ring (bicyclic) bond motifs is 1. The van der Waals surface area contributed by atoms with Crippen LogP contribution in [-0.2, 0) is 0 Å². The molecule has 2 N–H and O–H groups in total. The normalized spacial score (nSPS) is 23.5. The third-order valence-electron chi connectivity index (χ3n) is 3.92. The maximum Gasteiger partial charge on any atom is 0.119 e. The summed E-state index contributed by atoms with van der Waals surface area (Å²) in [4.78, 5) is 0. The summed E-state index contributed by atoms with van der Waals surface area (Å²) in [6.07, 6.45) is 5.22. The number of ether oxygens (including phenoxy) is 1. The van der Waals surface area contributed by atoms with Crippen LogP contribution in [0.25, 0.3) is 0 Å². The zero-order chi connectivity index (χ0) is 11.7. The summed E-state index contributed by atoms with van der Waals surface area (Å²) in [5, 5.41) is 7.22. The molecule has 17 heavy (non-hydrogen) atoms. The average Bonchev–Trinajstić information content (AvgIpc) is 2.33. The van der Waals surface area contributed by atoms with Gasteiger partial charge in [-0.2, -0.15) is 0 Å². The fraction of sp³-hybridized carbons (Fsp3) is 0.571. The summed E-state index contributed by atoms with van der Waals surface area (Å²) in [5.74, 6) is 0.952. The summed E-state index contributed by atoms with van der Waals surface area (Å²) >= 11 is 0. The van der Waals surface area contributed by atoms with Crippen molar-refractivity contribution < 1.29 is 4.74 Å². The van der Waals surface area contributed by atoms with Crippen LogP contribution in [0.1, 0.15) is 37.3 Å². The molecule has 3 heteroatoms. The number of benzene rings is 1. The van der Waals surface area contributed by atoms with Crippen molar-refractivity contribution in [3.63, 3.8) is 0 Å². The molecule has 1 aliphatic carbocycles. The van der Waals surface area contributed by atoms with Gasteiger partial charge in [0.15, 0.2) is 0 Å². The van der Waals surface area contributed by atoms with Crippen molar-refractivity contribution in [2.75, 3.05) is 19.0 Å². The Labute approximate surface area is 103 Å². The predicted octanol–water partition coefficient (Wildman–Crippen LogP) is 2.69. The van der Waals surface area contributed by atoms with E-state index in [1.54, 1.807) is 7.11 Å². The first-order chi connectivity index (χ1) is 8.36. The van der Waals surface area contributed by atoms with E-state index in [1.807, 2.05) is 6.07 Å². The lowest BCUT2D eigenvalue weighted by Gasteiger charge is -2.35. The monoisotopic (exact) mass is 232 g/mol. The summed E-state index contributed by atoms with van der Waals surface area (Å²) in [7, 11) is 1.73. The van der Waals surface area contributed by atoms with Gasteiger partial charge in [0, 0.05) is 24.3 Å². The SMILES string of the molecule is COc1ccc2c(c1)C(NC1CCC1)CCN2. The average molecular weight is 232 g/mol. The topological polar surface area (TPSA) is 33.3 Å². The van der Waals surface area contributed by atoms with Crippen molar-refractivity contribution in [2.45, 2.75) is 37.8 Å². The highest BCUT2D eigenvalue weighted by atomic mass is 16.5. The Morgan fingerprint density at radius 2 is 2.18 bits per heavy atom. The van der Waals surface area contributed by atoms with Crippen LogP contribution in [-0.4, -0.2) is 19.7 Å². The fourth-order valence-electron chi connectivity index (χ4n) is 2.66. The first-order valence-corrected chi connectivity index (χ1v) is 6.54. The van der Waals surface area contributed by atoms with Crippen LogP contribution in [0.2, 0.25) is 0 Å². The molecule has 1 aromatic rings. The van der Waals surface area contributed by atoms with E-state index in [0.29, 0.717) is 6.04 Å². The van der Waals surface area contributed by atoms with Gasteiger partial charge >= 0.3 is 0 Å². The maximum absolute atomic E-state index is 5.32. The number of hydrogen-bond donors (Lipinski definition) is 2. The molecule has 1 saturated carbocycles. The second kappa shape index (κ2) is 4.57. The number of methoxy groups -OCH3 is 1. The van der Waals surface area contributed by atoms with Crippen molar-refractivity contribution in [3.8, 4) is 5.75 Å². The minimum absolute atomic E-state index is 0.492. The van der Waals surface area contributed by atoms with Gasteiger partial charge in [0.2, 0.25) is 0 Å². The predicted molar refractivity (Wildman–Crippen MR) is 69.6 cm³/mol. The van der Waals surface area contributed by atoms with Crippen LogP contribution < -0.4 is 15.4 Å². The zero-order valence-corrected chi connectivity index (χ0v) is 10.3. The maximum atomic E-state index is 5.32. The van der Waals surface area contributed by atoms with Crippen LogP contribution in [0.15, 0.2) is 18.2 Å². The molecular weight excluding hydrogens is 212 g/mol. The van der Waals surface area contributed by atoms with Crippen LogP contribution in [0.3, 0.4) is 0 Å². The molecule has 1 aliphatic heterocycles. The molecule has 0 radical (unpaired) electrons. The van der Waals surface area contributed by atoms with E-state index in [0.717, 1.165) is 24.8 Å². The smallest absolute Gasteiger partial charge is 0.119 e. The molecule has 0 amide bonds. The molecule has 1 fully saturated rings. The van der Waals surface area contributed by atoms with Crippen molar-refractivity contribution in [1.29, 1.82) is 0 Å². The Hall–Kier alpha value is -1.22. The number of anilines is 1. The lowest BCUT2D eigenvalue weighted by Crippen LogP contribution is -2.40. The van der Waals surface area contributed by atoms with Crippen LogP contribution in [0.5, 0.6) is 5.75 Å². The van der Waals surface area contributed by atoms with E-state index in [4.69, 9.17) is 4.74 Å². The molecule has 0 aromatic heterocycles. The highest BCUT2D eigenvalue weighted by Crippen LogP contribution is 2.34. The summed E-state index contributed by atoms with van der Waals surface area (Å²) in [5.41, 5.74) is 2.62. The summed E-state index contributed by atoms with van der Waals surface area (Å²) < 4.78 is 5.32. The number of nitrogens with one attached hydrogen (secondary N) is 2. The van der Waals surface area contributed by atoms with Gasteiger partial charge in [-0.05, 0) is 43.0 Å². The minimum atomic E-state index is 0.492. The van der Waals surface area contributed by atoms with E-state index in [9.17, 15) is 0 Å². The second-order valence-electron chi connectivity index (χ2n) is 5.02. The Morgan fingerprint density at radius 3 is 2.88 bits per heavy atom. The largest absolute Gasteiger partial charge is 0.497 e. The molecule has 0 saturated heterocycles. The number of hydrogen-bond acceptors (Lipinski definition) is 3. The molecule has 1 aromatic carbocycles. The third-order valence-corrected chi connectivity index (χ3v) is 3.92. The lowest BCUT2D eigenvalue weighted by atomic mass is 9.89. The van der Waals surface area contributed by atoms with E-state index >= 15 is 0 Å². The quantitative estimate of drug-likeness (QED) is 0.840. The molecule has 1 unspecified atom stereocenters. The van der Waals surface area contributed by atoms with Crippen molar-refractivity contribution >= 4 is 5.69 Å². The first-order valence-electron chi connectivity index (χ1n) is 6.54. The molecule has 3 rings (SSSR count). The molecular formula is C14H20N2O. The van der Waals surface area contributed by atoms with Gasteiger partial charge < -0.3 is 15.4 Å². The van der Waals surface area contributed by atoms with Crippen molar-refractivity contribution in [2.24, 2.45) is 0 Å². The highest BCUT2D eigenvalue weighted by Gasteiger charge is 2.25. The highest BCUT2D eigenvalue weighted by molar-refractivity contribution is 5.57. The van der Waals surface area contributed by atoms with E-state index in [1.165, 1.54) is 30.5 Å². The molecule has 1 atom stereocenters. The lowest BCUT2D eigenvalue weighted by molar-refractivity contribution is 0.298. The van der Waals surface area contributed by atoms with Gasteiger partial charge in [-0.3, -0.25) is 0 Å². The van der Waals surface area contributed by atoms with Crippen molar-refractivity contribution in [3.05, 3.63) is 23.8 Å². The molecule has 92 valence electrons. The van der Waals surface area contributed by atoms with Crippen LogP contribution in [0.4, 0.5) is 5.69 Å². The van der Waals surface area contributed by atoms with Gasteiger partial charge in [-0.15, -0.1) is 0 Å². The van der Waals surface area contributed by atoms with Gasteiger partial charge in [0.1, 0.15) is 5.75 Å². The molecule has 2 aliphatic rings. The molecule has 0 spiro atoms. The van der Waals surface area contributed by atoms with Gasteiger partial charge in [0.25, 0.3) is 0 Å². The summed E-state index contributed by atoms with van der Waals surface area (Å²) in [6, 6.07) is 7.54. The molecule has 3 nitrogen and oxygen atoms in total. The third kappa shape index (κ3) is 2.12. The Morgan fingerprint density at radius 1 is 1.29 bits per heavy atom. The standard InChI is InChI=1S/C14H20N2O/c1-17-11-5-6-13-12(9-11)14(7-8-15-13)16-10-3-2-4-10/h5-6,9-10,14-16H,2-4,7-8H2,1H3. The minimum Gasteiger partial charge on any atom is -0.497 e.